The zero-order valence-corrected chi connectivity index (χ0v) is 34.6. The number of likely N-dealkylation sites (N-methyl/N-ethyl adjacent to an activating group) is 1. The lowest BCUT2D eigenvalue weighted by Gasteiger charge is -2.31. The lowest BCUT2D eigenvalue weighted by Crippen LogP contribution is -2.47. The van der Waals surface area contributed by atoms with Gasteiger partial charge in [-0.2, -0.15) is 19.1 Å². The highest BCUT2D eigenvalue weighted by Crippen LogP contribution is 2.34. The van der Waals surface area contributed by atoms with E-state index in [2.05, 4.69) is 21.9 Å². The van der Waals surface area contributed by atoms with Crippen LogP contribution in [0.1, 0.15) is 142 Å². The van der Waals surface area contributed by atoms with E-state index in [9.17, 15) is 18.0 Å². The first-order valence-corrected chi connectivity index (χ1v) is 22.2. The smallest absolute Gasteiger partial charge is 0.333 e. The molecule has 0 saturated carbocycles. The number of ether oxygens (including phenoxy) is 1. The van der Waals surface area contributed by atoms with Gasteiger partial charge in [0.05, 0.1) is 22.8 Å². The van der Waals surface area contributed by atoms with Crippen molar-refractivity contribution in [1.82, 2.24) is 28.7 Å². The van der Waals surface area contributed by atoms with E-state index in [-0.39, 0.29) is 34.8 Å². The maximum Gasteiger partial charge on any atom is 0.333 e. The molecule has 0 atom stereocenters. The number of sulfonamides is 1. The van der Waals surface area contributed by atoms with Crippen molar-refractivity contribution in [2.45, 2.75) is 148 Å². The molecule has 1 aromatic carbocycles. The molecule has 0 amide bonds. The van der Waals surface area contributed by atoms with Crippen LogP contribution in [0.4, 0.5) is 0 Å². The molecule has 302 valence electrons. The molecule has 1 aliphatic rings. The second-order valence-corrected chi connectivity index (χ2v) is 16.8. The number of unbranched alkanes of at least 4 members (excludes halogenated alkanes) is 15. The number of benzene rings is 1. The van der Waals surface area contributed by atoms with Gasteiger partial charge in [0.25, 0.3) is 5.56 Å². The third kappa shape index (κ3) is 12.1. The summed E-state index contributed by atoms with van der Waals surface area (Å²) in [4.78, 5) is 39.7. The minimum absolute atomic E-state index is 0.00273. The van der Waals surface area contributed by atoms with Crippen LogP contribution in [0.25, 0.3) is 22.4 Å². The number of carbonyl (C=O) groups excluding carboxylic acids is 1. The van der Waals surface area contributed by atoms with Gasteiger partial charge in [0.1, 0.15) is 11.3 Å². The largest absolute Gasteiger partial charge is 0.493 e. The van der Waals surface area contributed by atoms with E-state index < -0.39 is 21.6 Å². The summed E-state index contributed by atoms with van der Waals surface area (Å²) in [5.74, 6) is -0.138. The summed E-state index contributed by atoms with van der Waals surface area (Å²) in [5, 5.41) is 4.60. The normalized spacial score (nSPS) is 14.2. The van der Waals surface area contributed by atoms with Gasteiger partial charge in [0.15, 0.2) is 11.3 Å². The SMILES string of the molecule is CCCCCCCCCCCCCCCCCCC(=O)On1c(-c2cc(S(=O)(=O)N3CCN(C)CC3)ccc2OCC)nc(=O)c2c1c(CCC)nn2C. The summed E-state index contributed by atoms with van der Waals surface area (Å²) in [5.41, 5.74) is 0.830. The van der Waals surface area contributed by atoms with Gasteiger partial charge in [-0.3, -0.25) is 9.48 Å². The second kappa shape index (κ2) is 22.3. The molecule has 12 nitrogen and oxygen atoms in total. The highest BCUT2D eigenvalue weighted by Gasteiger charge is 2.30. The first kappa shape index (κ1) is 43.4. The summed E-state index contributed by atoms with van der Waals surface area (Å²) < 4.78 is 37.8. The average molecular weight is 771 g/mol. The van der Waals surface area contributed by atoms with E-state index in [0.717, 1.165) is 25.7 Å². The van der Waals surface area contributed by atoms with Crippen molar-refractivity contribution < 1.29 is 22.8 Å². The van der Waals surface area contributed by atoms with Crippen LogP contribution in [0.5, 0.6) is 5.75 Å². The van der Waals surface area contributed by atoms with E-state index in [1.54, 1.807) is 13.1 Å². The van der Waals surface area contributed by atoms with Gasteiger partial charge in [0.2, 0.25) is 10.0 Å². The standard InChI is InChI=1S/C41H66N6O6S/c1-6-9-10-11-12-13-14-15-16-17-18-19-20-21-22-23-25-37(48)53-47-38-35(24-7-2)43-45(5)39(38)41(49)42-40(47)34-32-33(26-27-36(34)52-8-3)54(50,51)46-30-28-44(4)29-31-46/h26-27,32H,6-25,28-31H2,1-5H3. The highest BCUT2D eigenvalue weighted by molar-refractivity contribution is 7.89. The van der Waals surface area contributed by atoms with Crippen molar-refractivity contribution in [2.75, 3.05) is 39.8 Å². The molecule has 0 N–H and O–H groups in total. The predicted molar refractivity (Wildman–Crippen MR) is 215 cm³/mol. The minimum atomic E-state index is -3.87. The molecule has 0 unspecified atom stereocenters. The van der Waals surface area contributed by atoms with Crippen LogP contribution in [0, 0.1) is 0 Å². The van der Waals surface area contributed by atoms with Gasteiger partial charge in [-0.25, -0.2) is 13.2 Å². The van der Waals surface area contributed by atoms with Crippen molar-refractivity contribution in [1.29, 1.82) is 0 Å². The maximum absolute atomic E-state index is 13.8. The summed E-state index contributed by atoms with van der Waals surface area (Å²) in [6, 6.07) is 4.57. The highest BCUT2D eigenvalue weighted by atomic mass is 32.2. The van der Waals surface area contributed by atoms with Gasteiger partial charge in [-0.05, 0) is 45.0 Å². The van der Waals surface area contributed by atoms with E-state index in [4.69, 9.17) is 9.57 Å². The van der Waals surface area contributed by atoms with Crippen LogP contribution in [-0.4, -0.2) is 82.9 Å². The zero-order valence-electron chi connectivity index (χ0n) is 33.7. The van der Waals surface area contributed by atoms with Gasteiger partial charge in [-0.15, -0.1) is 0 Å². The number of rotatable bonds is 25. The van der Waals surface area contributed by atoms with Crippen molar-refractivity contribution in [3.8, 4) is 17.1 Å². The fraction of sp³-hybridized carbons (Fsp3) is 0.707. The molecule has 1 saturated heterocycles. The summed E-state index contributed by atoms with van der Waals surface area (Å²) in [7, 11) is -0.237. The Labute approximate surface area is 323 Å². The lowest BCUT2D eigenvalue weighted by atomic mass is 10.0. The summed E-state index contributed by atoms with van der Waals surface area (Å²) in [6.07, 6.45) is 21.4. The Hall–Kier alpha value is -3.29. The van der Waals surface area contributed by atoms with Crippen LogP contribution in [0.15, 0.2) is 27.9 Å². The Balaban J connectivity index is 1.45. The molecule has 54 heavy (non-hydrogen) atoms. The number of nitrogens with zero attached hydrogens (tertiary/aromatic N) is 6. The molecule has 1 aliphatic heterocycles. The molecule has 3 aromatic rings. The maximum atomic E-state index is 13.8. The molecular formula is C41H66N6O6S. The molecule has 1 fully saturated rings. The van der Waals surface area contributed by atoms with Gasteiger partial charge in [0, 0.05) is 39.6 Å². The molecule has 0 spiro atoms. The van der Waals surface area contributed by atoms with Crippen molar-refractivity contribution >= 4 is 27.0 Å². The van der Waals surface area contributed by atoms with Crippen molar-refractivity contribution in [2.24, 2.45) is 7.05 Å². The Morgan fingerprint density at radius 3 is 1.89 bits per heavy atom. The molecule has 0 aliphatic carbocycles. The van der Waals surface area contributed by atoms with Crippen LogP contribution in [-0.2, 0) is 28.3 Å². The fourth-order valence-electron chi connectivity index (χ4n) is 7.25. The van der Waals surface area contributed by atoms with Crippen LogP contribution < -0.4 is 15.1 Å². The van der Waals surface area contributed by atoms with Crippen LogP contribution in [0.3, 0.4) is 0 Å². The van der Waals surface area contributed by atoms with E-state index in [1.807, 2.05) is 20.9 Å². The third-order valence-electron chi connectivity index (χ3n) is 10.4. The van der Waals surface area contributed by atoms with Crippen molar-refractivity contribution in [3.05, 3.63) is 34.2 Å². The average Bonchev–Trinajstić information content (AvgIpc) is 3.49. The Morgan fingerprint density at radius 1 is 0.759 bits per heavy atom. The Morgan fingerprint density at radius 2 is 1.33 bits per heavy atom. The monoisotopic (exact) mass is 770 g/mol. The predicted octanol–water partition coefficient (Wildman–Crippen LogP) is 7.69. The first-order valence-electron chi connectivity index (χ1n) is 20.8. The molecule has 13 heteroatoms. The molecule has 2 aromatic heterocycles. The molecule has 3 heterocycles. The quantitative estimate of drug-likeness (QED) is 0.0797. The third-order valence-corrected chi connectivity index (χ3v) is 12.3. The first-order chi connectivity index (χ1) is 26.1. The molecule has 4 rings (SSSR count). The Bertz CT molecular complexity index is 1780. The van der Waals surface area contributed by atoms with Crippen molar-refractivity contribution in [3.63, 3.8) is 0 Å². The number of aryl methyl sites for hydroxylation is 2. The minimum Gasteiger partial charge on any atom is -0.493 e. The van der Waals surface area contributed by atoms with E-state index >= 15 is 0 Å². The van der Waals surface area contributed by atoms with E-state index in [0.29, 0.717) is 56.0 Å². The van der Waals surface area contributed by atoms with Gasteiger partial charge < -0.3 is 14.5 Å². The van der Waals surface area contributed by atoms with E-state index in [1.165, 1.54) is 103 Å². The topological polar surface area (TPSA) is 129 Å². The fourth-order valence-corrected chi connectivity index (χ4v) is 8.70. The molecule has 0 radical (unpaired) electrons. The summed E-state index contributed by atoms with van der Waals surface area (Å²) >= 11 is 0. The number of piperazine rings is 1. The Kier molecular flexibility index (Phi) is 17.9. The van der Waals surface area contributed by atoms with Gasteiger partial charge in [-0.1, -0.05) is 117 Å². The number of fused-ring (bicyclic) bond motifs is 1. The summed E-state index contributed by atoms with van der Waals surface area (Å²) in [6.45, 7) is 8.35. The number of hydrogen-bond acceptors (Lipinski definition) is 9. The molecular weight excluding hydrogens is 705 g/mol. The zero-order chi connectivity index (χ0) is 38.9. The lowest BCUT2D eigenvalue weighted by molar-refractivity contribution is -0.143. The number of carbonyl (C=O) groups is 1. The molecule has 0 bridgehead atoms. The van der Waals surface area contributed by atoms with Crippen LogP contribution in [0.2, 0.25) is 0 Å². The van der Waals surface area contributed by atoms with Crippen LogP contribution >= 0.6 is 0 Å². The second-order valence-electron chi connectivity index (χ2n) is 14.9. The number of aromatic nitrogens is 4. The van der Waals surface area contributed by atoms with Gasteiger partial charge >= 0.3 is 5.97 Å². The number of hydrogen-bond donors (Lipinski definition) is 0.